The van der Waals surface area contributed by atoms with Crippen molar-refractivity contribution in [3.05, 3.63) is 0 Å². The minimum atomic E-state index is 0.118. The van der Waals surface area contributed by atoms with E-state index in [0.717, 1.165) is 6.54 Å². The van der Waals surface area contributed by atoms with Gasteiger partial charge in [0.25, 0.3) is 0 Å². The van der Waals surface area contributed by atoms with Crippen molar-refractivity contribution in [1.29, 1.82) is 0 Å². The SMILES string of the molecule is CC(C)(C)NCC1(N)CCC1. The monoisotopic (exact) mass is 156 g/mol. The van der Waals surface area contributed by atoms with E-state index < -0.39 is 0 Å². The van der Waals surface area contributed by atoms with E-state index in [9.17, 15) is 0 Å². The summed E-state index contributed by atoms with van der Waals surface area (Å²) in [5.41, 5.74) is 6.38. The van der Waals surface area contributed by atoms with Gasteiger partial charge in [-0.15, -0.1) is 0 Å². The van der Waals surface area contributed by atoms with Crippen molar-refractivity contribution < 1.29 is 0 Å². The van der Waals surface area contributed by atoms with Gasteiger partial charge < -0.3 is 11.1 Å². The lowest BCUT2D eigenvalue weighted by Gasteiger charge is -2.40. The van der Waals surface area contributed by atoms with Crippen LogP contribution in [0.4, 0.5) is 0 Å². The summed E-state index contributed by atoms with van der Waals surface area (Å²) in [6, 6.07) is 0. The molecule has 0 amide bonds. The first kappa shape index (κ1) is 9.01. The van der Waals surface area contributed by atoms with Gasteiger partial charge in [0.05, 0.1) is 0 Å². The van der Waals surface area contributed by atoms with Crippen molar-refractivity contribution >= 4 is 0 Å². The van der Waals surface area contributed by atoms with Crippen molar-refractivity contribution in [3.8, 4) is 0 Å². The van der Waals surface area contributed by atoms with Gasteiger partial charge in [-0.3, -0.25) is 0 Å². The molecule has 1 fully saturated rings. The minimum Gasteiger partial charge on any atom is -0.324 e. The molecule has 2 heteroatoms. The summed E-state index contributed by atoms with van der Waals surface area (Å²) in [4.78, 5) is 0. The van der Waals surface area contributed by atoms with E-state index in [1.165, 1.54) is 19.3 Å². The van der Waals surface area contributed by atoms with Crippen LogP contribution in [0, 0.1) is 0 Å². The molecular weight excluding hydrogens is 136 g/mol. The summed E-state index contributed by atoms with van der Waals surface area (Å²) in [5, 5.41) is 3.44. The second-order valence-electron chi connectivity index (χ2n) is 4.82. The maximum atomic E-state index is 6.05. The molecule has 0 aromatic carbocycles. The fraction of sp³-hybridized carbons (Fsp3) is 1.00. The number of rotatable bonds is 2. The zero-order valence-corrected chi connectivity index (χ0v) is 7.91. The van der Waals surface area contributed by atoms with Gasteiger partial charge in [0.2, 0.25) is 0 Å². The zero-order valence-electron chi connectivity index (χ0n) is 7.91. The van der Waals surface area contributed by atoms with Gasteiger partial charge in [-0.05, 0) is 40.0 Å². The van der Waals surface area contributed by atoms with Gasteiger partial charge in [0, 0.05) is 17.6 Å². The first-order chi connectivity index (χ1) is 4.91. The lowest BCUT2D eigenvalue weighted by molar-refractivity contribution is 0.218. The fourth-order valence-electron chi connectivity index (χ4n) is 1.25. The van der Waals surface area contributed by atoms with Gasteiger partial charge >= 0.3 is 0 Å². The summed E-state index contributed by atoms with van der Waals surface area (Å²) in [6.45, 7) is 7.50. The Morgan fingerprint density at radius 1 is 1.36 bits per heavy atom. The second kappa shape index (κ2) is 2.76. The lowest BCUT2D eigenvalue weighted by Crippen LogP contribution is -2.57. The van der Waals surface area contributed by atoms with Crippen LogP contribution >= 0.6 is 0 Å². The molecule has 0 aliphatic heterocycles. The van der Waals surface area contributed by atoms with Crippen LogP contribution in [0.5, 0.6) is 0 Å². The highest BCUT2D eigenvalue weighted by atomic mass is 15.0. The quantitative estimate of drug-likeness (QED) is 0.631. The molecule has 0 aromatic rings. The van der Waals surface area contributed by atoms with Crippen LogP contribution < -0.4 is 11.1 Å². The Morgan fingerprint density at radius 2 is 1.91 bits per heavy atom. The van der Waals surface area contributed by atoms with Gasteiger partial charge in [0.15, 0.2) is 0 Å². The number of hydrogen-bond donors (Lipinski definition) is 2. The molecule has 66 valence electrons. The van der Waals surface area contributed by atoms with Crippen LogP contribution in [0.2, 0.25) is 0 Å². The van der Waals surface area contributed by atoms with Crippen molar-refractivity contribution in [2.24, 2.45) is 5.73 Å². The van der Waals surface area contributed by atoms with Gasteiger partial charge in [-0.2, -0.15) is 0 Å². The molecule has 0 heterocycles. The topological polar surface area (TPSA) is 38.0 Å². The molecule has 1 rings (SSSR count). The molecule has 1 aliphatic carbocycles. The average molecular weight is 156 g/mol. The normalized spacial score (nSPS) is 22.9. The van der Waals surface area contributed by atoms with Gasteiger partial charge in [-0.1, -0.05) is 0 Å². The molecule has 0 aromatic heterocycles. The maximum absolute atomic E-state index is 6.05. The highest BCUT2D eigenvalue weighted by Crippen LogP contribution is 2.28. The van der Waals surface area contributed by atoms with E-state index in [1.807, 2.05) is 0 Å². The van der Waals surface area contributed by atoms with Gasteiger partial charge in [-0.25, -0.2) is 0 Å². The zero-order chi connectivity index (χ0) is 8.54. The Bertz CT molecular complexity index is 131. The molecule has 11 heavy (non-hydrogen) atoms. The smallest absolute Gasteiger partial charge is 0.0281 e. The third-order valence-electron chi connectivity index (χ3n) is 2.32. The van der Waals surface area contributed by atoms with E-state index >= 15 is 0 Å². The van der Waals surface area contributed by atoms with Crippen LogP contribution in [0.1, 0.15) is 40.0 Å². The molecule has 0 spiro atoms. The predicted molar refractivity (Wildman–Crippen MR) is 48.5 cm³/mol. The summed E-state index contributed by atoms with van der Waals surface area (Å²) < 4.78 is 0. The molecular formula is C9H20N2. The third-order valence-corrected chi connectivity index (χ3v) is 2.32. The van der Waals surface area contributed by atoms with Crippen LogP contribution in [-0.2, 0) is 0 Å². The second-order valence-corrected chi connectivity index (χ2v) is 4.82. The Labute approximate surface area is 69.5 Å². The molecule has 3 N–H and O–H groups in total. The molecule has 0 saturated heterocycles. The number of nitrogens with two attached hydrogens (primary N) is 1. The van der Waals surface area contributed by atoms with E-state index in [0.29, 0.717) is 0 Å². The molecule has 1 aliphatic rings. The highest BCUT2D eigenvalue weighted by Gasteiger charge is 2.32. The molecule has 2 nitrogen and oxygen atoms in total. The van der Waals surface area contributed by atoms with E-state index in [-0.39, 0.29) is 11.1 Å². The maximum Gasteiger partial charge on any atom is 0.0281 e. The van der Waals surface area contributed by atoms with E-state index in [2.05, 4.69) is 26.1 Å². The largest absolute Gasteiger partial charge is 0.324 e. The lowest BCUT2D eigenvalue weighted by atomic mass is 9.77. The molecule has 1 saturated carbocycles. The van der Waals surface area contributed by atoms with Crippen LogP contribution in [0.3, 0.4) is 0 Å². The Hall–Kier alpha value is -0.0800. The molecule has 0 unspecified atom stereocenters. The number of nitrogens with one attached hydrogen (secondary N) is 1. The van der Waals surface area contributed by atoms with Crippen molar-refractivity contribution in [3.63, 3.8) is 0 Å². The van der Waals surface area contributed by atoms with Crippen molar-refractivity contribution in [2.75, 3.05) is 6.54 Å². The van der Waals surface area contributed by atoms with Crippen LogP contribution in [0.25, 0.3) is 0 Å². The van der Waals surface area contributed by atoms with Crippen LogP contribution in [-0.4, -0.2) is 17.6 Å². The minimum absolute atomic E-state index is 0.118. The third kappa shape index (κ3) is 2.80. The van der Waals surface area contributed by atoms with E-state index in [1.54, 1.807) is 0 Å². The molecule has 0 atom stereocenters. The standard InChI is InChI=1S/C9H20N2/c1-8(2,3)11-7-9(10)5-4-6-9/h11H,4-7,10H2,1-3H3. The Morgan fingerprint density at radius 3 is 2.18 bits per heavy atom. The average Bonchev–Trinajstić information content (AvgIpc) is 1.77. The summed E-state index contributed by atoms with van der Waals surface area (Å²) in [7, 11) is 0. The highest BCUT2D eigenvalue weighted by molar-refractivity contribution is 4.95. The van der Waals surface area contributed by atoms with Crippen molar-refractivity contribution in [2.45, 2.75) is 51.1 Å². The van der Waals surface area contributed by atoms with Crippen LogP contribution in [0.15, 0.2) is 0 Å². The summed E-state index contributed by atoms with van der Waals surface area (Å²) in [5.74, 6) is 0. The van der Waals surface area contributed by atoms with E-state index in [4.69, 9.17) is 5.73 Å². The molecule has 0 radical (unpaired) electrons. The van der Waals surface area contributed by atoms with Gasteiger partial charge in [0.1, 0.15) is 0 Å². The number of hydrogen-bond acceptors (Lipinski definition) is 2. The Kier molecular flexibility index (Phi) is 2.26. The fourth-order valence-corrected chi connectivity index (χ4v) is 1.25. The first-order valence-electron chi connectivity index (χ1n) is 4.45. The Balaban J connectivity index is 2.21. The molecule has 0 bridgehead atoms. The van der Waals surface area contributed by atoms with Crippen molar-refractivity contribution in [1.82, 2.24) is 5.32 Å². The first-order valence-corrected chi connectivity index (χ1v) is 4.45. The predicted octanol–water partition coefficient (Wildman–Crippen LogP) is 1.26. The summed E-state index contributed by atoms with van der Waals surface area (Å²) in [6.07, 6.45) is 3.69. The summed E-state index contributed by atoms with van der Waals surface area (Å²) >= 11 is 0.